The van der Waals surface area contributed by atoms with Crippen molar-refractivity contribution in [3.8, 4) is 0 Å². The summed E-state index contributed by atoms with van der Waals surface area (Å²) in [5.41, 5.74) is -0.0212. The first kappa shape index (κ1) is 11.9. The van der Waals surface area contributed by atoms with E-state index in [-0.39, 0.29) is 12.1 Å². The van der Waals surface area contributed by atoms with Gasteiger partial charge in [-0.3, -0.25) is 0 Å². The van der Waals surface area contributed by atoms with E-state index in [1.54, 1.807) is 0 Å². The SMILES string of the molecule is C=C(Cl)CNC(C)(CC)CCO. The Kier molecular flexibility index (Phi) is 5.55. The molecule has 0 heterocycles. The Morgan fingerprint density at radius 2 is 2.25 bits per heavy atom. The molecule has 1 unspecified atom stereocenters. The van der Waals surface area contributed by atoms with Gasteiger partial charge in [0, 0.05) is 23.7 Å². The van der Waals surface area contributed by atoms with Gasteiger partial charge in [0.25, 0.3) is 0 Å². The highest BCUT2D eigenvalue weighted by molar-refractivity contribution is 6.29. The van der Waals surface area contributed by atoms with Gasteiger partial charge < -0.3 is 10.4 Å². The highest BCUT2D eigenvalue weighted by Crippen LogP contribution is 2.14. The minimum absolute atomic E-state index is 0.0212. The van der Waals surface area contributed by atoms with Gasteiger partial charge in [0.05, 0.1) is 0 Å². The van der Waals surface area contributed by atoms with Crippen molar-refractivity contribution in [3.05, 3.63) is 11.6 Å². The molecule has 0 spiro atoms. The van der Waals surface area contributed by atoms with Crippen LogP contribution in [0.25, 0.3) is 0 Å². The topological polar surface area (TPSA) is 32.3 Å². The Morgan fingerprint density at radius 3 is 2.58 bits per heavy atom. The predicted octanol–water partition coefficient (Wildman–Crippen LogP) is 1.88. The van der Waals surface area contributed by atoms with Gasteiger partial charge in [-0.1, -0.05) is 25.1 Å². The van der Waals surface area contributed by atoms with E-state index in [1.165, 1.54) is 0 Å². The summed E-state index contributed by atoms with van der Waals surface area (Å²) in [5, 5.41) is 12.7. The lowest BCUT2D eigenvalue weighted by atomic mass is 9.95. The average molecular weight is 192 g/mol. The maximum atomic E-state index is 8.80. The average Bonchev–Trinajstić information content (AvgIpc) is 2.02. The van der Waals surface area contributed by atoms with Gasteiger partial charge in [-0.15, -0.1) is 0 Å². The number of halogens is 1. The number of aliphatic hydroxyl groups is 1. The van der Waals surface area contributed by atoms with Crippen LogP contribution in [0.5, 0.6) is 0 Å². The molecule has 0 radical (unpaired) electrons. The summed E-state index contributed by atoms with van der Waals surface area (Å²) in [4.78, 5) is 0. The molecule has 3 heteroatoms. The minimum atomic E-state index is -0.0212. The molecular weight excluding hydrogens is 174 g/mol. The first-order valence-electron chi connectivity index (χ1n) is 4.23. The molecule has 0 rings (SSSR count). The summed E-state index contributed by atoms with van der Waals surface area (Å²) in [7, 11) is 0. The van der Waals surface area contributed by atoms with Gasteiger partial charge in [-0.05, 0) is 19.8 Å². The maximum Gasteiger partial charge on any atom is 0.0448 e. The zero-order chi connectivity index (χ0) is 9.61. The predicted molar refractivity (Wildman–Crippen MR) is 53.4 cm³/mol. The summed E-state index contributed by atoms with van der Waals surface area (Å²) >= 11 is 5.62. The van der Waals surface area contributed by atoms with Crippen LogP contribution in [0, 0.1) is 0 Å². The Labute approximate surface area is 79.6 Å². The van der Waals surface area contributed by atoms with Crippen LogP contribution >= 0.6 is 11.6 Å². The van der Waals surface area contributed by atoms with E-state index in [2.05, 4.69) is 25.7 Å². The zero-order valence-corrected chi connectivity index (χ0v) is 8.62. The second-order valence-electron chi connectivity index (χ2n) is 3.26. The standard InChI is InChI=1S/C9H18ClNO/c1-4-9(3,5-6-12)11-7-8(2)10/h11-12H,2,4-7H2,1,3H3. The second-order valence-corrected chi connectivity index (χ2v) is 3.79. The summed E-state index contributed by atoms with van der Waals surface area (Å²) < 4.78 is 0. The molecule has 0 aromatic heterocycles. The Morgan fingerprint density at radius 1 is 1.67 bits per heavy atom. The Hall–Kier alpha value is -0.0500. The molecule has 0 bridgehead atoms. The van der Waals surface area contributed by atoms with Crippen molar-refractivity contribution < 1.29 is 5.11 Å². The molecule has 0 saturated heterocycles. The van der Waals surface area contributed by atoms with Crippen molar-refractivity contribution in [2.24, 2.45) is 0 Å². The van der Waals surface area contributed by atoms with Gasteiger partial charge >= 0.3 is 0 Å². The van der Waals surface area contributed by atoms with Crippen molar-refractivity contribution in [2.45, 2.75) is 32.2 Å². The molecule has 0 amide bonds. The van der Waals surface area contributed by atoms with E-state index in [0.717, 1.165) is 12.8 Å². The molecule has 0 aliphatic carbocycles. The zero-order valence-electron chi connectivity index (χ0n) is 7.86. The Balaban J connectivity index is 3.86. The molecule has 0 saturated carbocycles. The molecule has 0 aliphatic heterocycles. The molecule has 0 aromatic carbocycles. The van der Waals surface area contributed by atoms with E-state index in [1.807, 2.05) is 0 Å². The van der Waals surface area contributed by atoms with Crippen molar-refractivity contribution in [1.29, 1.82) is 0 Å². The minimum Gasteiger partial charge on any atom is -0.396 e. The third-order valence-corrected chi connectivity index (χ3v) is 2.28. The fourth-order valence-electron chi connectivity index (χ4n) is 0.946. The van der Waals surface area contributed by atoms with Crippen LogP contribution in [0.1, 0.15) is 26.7 Å². The van der Waals surface area contributed by atoms with E-state index < -0.39 is 0 Å². The summed E-state index contributed by atoms with van der Waals surface area (Å²) in [6.45, 7) is 8.55. The maximum absolute atomic E-state index is 8.80. The monoisotopic (exact) mass is 191 g/mol. The summed E-state index contributed by atoms with van der Waals surface area (Å²) in [5.74, 6) is 0. The van der Waals surface area contributed by atoms with Crippen molar-refractivity contribution in [2.75, 3.05) is 13.2 Å². The Bertz CT molecular complexity index is 149. The van der Waals surface area contributed by atoms with Gasteiger partial charge in [0.2, 0.25) is 0 Å². The number of rotatable bonds is 6. The largest absolute Gasteiger partial charge is 0.396 e. The lowest BCUT2D eigenvalue weighted by Crippen LogP contribution is -2.43. The first-order valence-corrected chi connectivity index (χ1v) is 4.61. The smallest absolute Gasteiger partial charge is 0.0448 e. The highest BCUT2D eigenvalue weighted by Gasteiger charge is 2.19. The molecule has 1 atom stereocenters. The fourth-order valence-corrected chi connectivity index (χ4v) is 1.01. The molecule has 2 nitrogen and oxygen atoms in total. The van der Waals surface area contributed by atoms with Crippen LogP contribution in [0.4, 0.5) is 0 Å². The number of hydrogen-bond donors (Lipinski definition) is 2. The van der Waals surface area contributed by atoms with Gasteiger partial charge in [-0.2, -0.15) is 0 Å². The van der Waals surface area contributed by atoms with Crippen LogP contribution < -0.4 is 5.32 Å². The van der Waals surface area contributed by atoms with Crippen LogP contribution in [0.3, 0.4) is 0 Å². The number of nitrogens with one attached hydrogen (secondary N) is 1. The normalized spacial score (nSPS) is 15.7. The molecule has 0 aromatic rings. The molecule has 2 N–H and O–H groups in total. The van der Waals surface area contributed by atoms with E-state index in [0.29, 0.717) is 11.6 Å². The van der Waals surface area contributed by atoms with E-state index >= 15 is 0 Å². The highest BCUT2D eigenvalue weighted by atomic mass is 35.5. The van der Waals surface area contributed by atoms with Gasteiger partial charge in [0.1, 0.15) is 0 Å². The number of hydrogen-bond acceptors (Lipinski definition) is 2. The van der Waals surface area contributed by atoms with Crippen LogP contribution in [-0.2, 0) is 0 Å². The van der Waals surface area contributed by atoms with E-state index in [9.17, 15) is 0 Å². The third kappa shape index (κ3) is 4.75. The molecule has 0 aliphatic rings. The van der Waals surface area contributed by atoms with Crippen molar-refractivity contribution in [1.82, 2.24) is 5.32 Å². The van der Waals surface area contributed by atoms with Crippen molar-refractivity contribution in [3.63, 3.8) is 0 Å². The van der Waals surface area contributed by atoms with Gasteiger partial charge in [0.15, 0.2) is 0 Å². The van der Waals surface area contributed by atoms with Crippen LogP contribution in [0.15, 0.2) is 11.6 Å². The molecule has 0 fully saturated rings. The molecule has 72 valence electrons. The van der Waals surface area contributed by atoms with Crippen LogP contribution in [0.2, 0.25) is 0 Å². The second kappa shape index (κ2) is 5.57. The fraction of sp³-hybridized carbons (Fsp3) is 0.778. The van der Waals surface area contributed by atoms with Crippen molar-refractivity contribution >= 4 is 11.6 Å². The quantitative estimate of drug-likeness (QED) is 0.672. The summed E-state index contributed by atoms with van der Waals surface area (Å²) in [6, 6.07) is 0. The third-order valence-electron chi connectivity index (χ3n) is 2.15. The number of aliphatic hydroxyl groups excluding tert-OH is 1. The summed E-state index contributed by atoms with van der Waals surface area (Å²) in [6.07, 6.45) is 1.71. The van der Waals surface area contributed by atoms with Gasteiger partial charge in [-0.25, -0.2) is 0 Å². The lowest BCUT2D eigenvalue weighted by Gasteiger charge is -2.28. The molecular formula is C9H18ClNO. The first-order chi connectivity index (χ1) is 5.54. The van der Waals surface area contributed by atoms with E-state index in [4.69, 9.17) is 16.7 Å². The lowest BCUT2D eigenvalue weighted by molar-refractivity contribution is 0.219. The molecule has 12 heavy (non-hydrogen) atoms. The van der Waals surface area contributed by atoms with Crippen LogP contribution in [-0.4, -0.2) is 23.8 Å².